The summed E-state index contributed by atoms with van der Waals surface area (Å²) in [7, 11) is -1.49. The van der Waals surface area contributed by atoms with E-state index in [1.165, 1.54) is 21.9 Å². The first-order chi connectivity index (χ1) is 13.2. The summed E-state index contributed by atoms with van der Waals surface area (Å²) in [5.74, 6) is -0.797. The SMILES string of the molecule is CN(C(=O)CCN1C(=O)/C(=C\c2ccc(F)cc2)SC1=S)[C@H]1CCS(=O)(=O)C1. The van der Waals surface area contributed by atoms with Gasteiger partial charge in [0.25, 0.3) is 5.91 Å². The quantitative estimate of drug-likeness (QED) is 0.513. The summed E-state index contributed by atoms with van der Waals surface area (Å²) in [6, 6.07) is 5.43. The average Bonchev–Trinajstić information content (AvgIpc) is 3.13. The third-order valence-corrected chi connectivity index (χ3v) is 7.87. The van der Waals surface area contributed by atoms with Gasteiger partial charge in [0.15, 0.2) is 9.84 Å². The van der Waals surface area contributed by atoms with E-state index >= 15 is 0 Å². The van der Waals surface area contributed by atoms with Crippen molar-refractivity contribution in [3.63, 3.8) is 0 Å². The van der Waals surface area contributed by atoms with Crippen LogP contribution in [0.25, 0.3) is 6.08 Å². The first-order valence-electron chi connectivity index (χ1n) is 8.63. The highest BCUT2D eigenvalue weighted by atomic mass is 32.2. The molecule has 0 N–H and O–H groups in total. The monoisotopic (exact) mass is 442 g/mol. The molecule has 2 aliphatic rings. The van der Waals surface area contributed by atoms with Crippen molar-refractivity contribution in [2.24, 2.45) is 0 Å². The minimum Gasteiger partial charge on any atom is -0.342 e. The van der Waals surface area contributed by atoms with E-state index in [-0.39, 0.29) is 48.1 Å². The highest BCUT2D eigenvalue weighted by Gasteiger charge is 2.35. The van der Waals surface area contributed by atoms with Crippen molar-refractivity contribution >= 4 is 56.0 Å². The van der Waals surface area contributed by atoms with E-state index in [0.717, 1.165) is 11.8 Å². The van der Waals surface area contributed by atoms with Crippen LogP contribution in [0.5, 0.6) is 0 Å². The van der Waals surface area contributed by atoms with Crippen molar-refractivity contribution in [2.75, 3.05) is 25.1 Å². The molecule has 0 radical (unpaired) electrons. The lowest BCUT2D eigenvalue weighted by Crippen LogP contribution is -2.40. The van der Waals surface area contributed by atoms with Crippen LogP contribution >= 0.6 is 24.0 Å². The molecule has 3 rings (SSSR count). The lowest BCUT2D eigenvalue weighted by atomic mass is 10.2. The van der Waals surface area contributed by atoms with Crippen molar-refractivity contribution in [1.82, 2.24) is 9.80 Å². The van der Waals surface area contributed by atoms with Crippen LogP contribution in [-0.4, -0.2) is 65.5 Å². The second kappa shape index (κ2) is 8.30. The fraction of sp³-hybridized carbons (Fsp3) is 0.389. The van der Waals surface area contributed by atoms with E-state index in [1.807, 2.05) is 0 Å². The summed E-state index contributed by atoms with van der Waals surface area (Å²) in [4.78, 5) is 28.2. The van der Waals surface area contributed by atoms with E-state index in [4.69, 9.17) is 12.2 Å². The number of sulfone groups is 1. The molecule has 2 aliphatic heterocycles. The zero-order valence-electron chi connectivity index (χ0n) is 15.1. The van der Waals surface area contributed by atoms with Gasteiger partial charge in [-0.15, -0.1) is 0 Å². The second-order valence-corrected chi connectivity index (χ2v) is 10.6. The van der Waals surface area contributed by atoms with Crippen LogP contribution in [0.2, 0.25) is 0 Å². The molecule has 1 aromatic rings. The van der Waals surface area contributed by atoms with Gasteiger partial charge in [0, 0.05) is 26.1 Å². The number of benzene rings is 1. The molecule has 10 heteroatoms. The molecule has 0 bridgehead atoms. The molecule has 2 amide bonds. The molecular weight excluding hydrogens is 423 g/mol. The smallest absolute Gasteiger partial charge is 0.266 e. The number of hydrogen-bond acceptors (Lipinski definition) is 6. The Morgan fingerprint density at radius 2 is 2.07 bits per heavy atom. The molecule has 0 spiro atoms. The summed E-state index contributed by atoms with van der Waals surface area (Å²) in [6.07, 6.45) is 2.13. The number of thioether (sulfide) groups is 1. The number of rotatable bonds is 5. The number of thiocarbonyl (C=S) groups is 1. The van der Waals surface area contributed by atoms with Gasteiger partial charge in [0.2, 0.25) is 5.91 Å². The Morgan fingerprint density at radius 3 is 2.68 bits per heavy atom. The predicted molar refractivity (Wildman–Crippen MR) is 111 cm³/mol. The molecule has 2 saturated heterocycles. The van der Waals surface area contributed by atoms with Crippen LogP contribution in [0.4, 0.5) is 4.39 Å². The van der Waals surface area contributed by atoms with E-state index in [2.05, 4.69) is 0 Å². The maximum Gasteiger partial charge on any atom is 0.266 e. The molecule has 0 aliphatic carbocycles. The van der Waals surface area contributed by atoms with E-state index in [0.29, 0.717) is 21.2 Å². The van der Waals surface area contributed by atoms with Gasteiger partial charge in [-0.25, -0.2) is 12.8 Å². The molecule has 0 aromatic heterocycles. The lowest BCUT2D eigenvalue weighted by Gasteiger charge is -2.24. The van der Waals surface area contributed by atoms with Crippen molar-refractivity contribution in [3.8, 4) is 0 Å². The maximum atomic E-state index is 13.0. The minimum atomic E-state index is -3.08. The van der Waals surface area contributed by atoms with Crippen molar-refractivity contribution < 1.29 is 22.4 Å². The number of amides is 2. The fourth-order valence-electron chi connectivity index (χ4n) is 3.07. The largest absolute Gasteiger partial charge is 0.342 e. The highest BCUT2D eigenvalue weighted by molar-refractivity contribution is 8.26. The van der Waals surface area contributed by atoms with Gasteiger partial charge in [-0.2, -0.15) is 0 Å². The van der Waals surface area contributed by atoms with Gasteiger partial charge in [-0.05, 0) is 30.2 Å². The molecule has 0 unspecified atom stereocenters. The fourth-order valence-corrected chi connectivity index (χ4v) is 6.15. The molecule has 2 heterocycles. The average molecular weight is 443 g/mol. The third-order valence-electron chi connectivity index (χ3n) is 4.74. The Labute approximate surface area is 172 Å². The van der Waals surface area contributed by atoms with Crippen LogP contribution in [-0.2, 0) is 19.4 Å². The normalized spacial score (nSPS) is 22.9. The zero-order chi connectivity index (χ0) is 20.5. The molecule has 0 saturated carbocycles. The van der Waals surface area contributed by atoms with Crippen LogP contribution in [0.1, 0.15) is 18.4 Å². The van der Waals surface area contributed by atoms with Crippen LogP contribution < -0.4 is 0 Å². The van der Waals surface area contributed by atoms with Crippen molar-refractivity contribution in [3.05, 3.63) is 40.6 Å². The third kappa shape index (κ3) is 4.79. The maximum absolute atomic E-state index is 13.0. The van der Waals surface area contributed by atoms with Crippen molar-refractivity contribution in [1.29, 1.82) is 0 Å². The molecule has 2 fully saturated rings. The molecule has 150 valence electrons. The summed E-state index contributed by atoms with van der Waals surface area (Å²) in [5, 5.41) is 0. The standard InChI is InChI=1S/C18H19FN2O4S3/c1-20(14-7-9-28(24,25)11-14)16(22)6-8-21-17(23)15(27-18(21)26)10-12-2-4-13(19)5-3-12/h2-5,10,14H,6-9,11H2,1H3/b15-10+/t14-/m0/s1. The summed E-state index contributed by atoms with van der Waals surface area (Å²) >= 11 is 6.39. The molecule has 6 nitrogen and oxygen atoms in total. The highest BCUT2D eigenvalue weighted by Crippen LogP contribution is 2.32. The summed E-state index contributed by atoms with van der Waals surface area (Å²) in [5.41, 5.74) is 0.681. The van der Waals surface area contributed by atoms with E-state index in [9.17, 15) is 22.4 Å². The van der Waals surface area contributed by atoms with Gasteiger partial charge in [-0.1, -0.05) is 36.1 Å². The Morgan fingerprint density at radius 1 is 1.39 bits per heavy atom. The zero-order valence-corrected chi connectivity index (χ0v) is 17.6. The number of halogens is 1. The molecule has 1 atom stereocenters. The molecule has 28 heavy (non-hydrogen) atoms. The number of hydrogen-bond donors (Lipinski definition) is 0. The lowest BCUT2D eigenvalue weighted by molar-refractivity contribution is -0.132. The van der Waals surface area contributed by atoms with Crippen molar-refractivity contribution in [2.45, 2.75) is 18.9 Å². The number of nitrogens with zero attached hydrogens (tertiary/aromatic N) is 2. The Bertz CT molecular complexity index is 944. The number of carbonyl (C=O) groups is 2. The first kappa shape index (κ1) is 20.9. The Balaban J connectivity index is 1.60. The second-order valence-electron chi connectivity index (χ2n) is 6.70. The Kier molecular flexibility index (Phi) is 6.21. The topological polar surface area (TPSA) is 74.8 Å². The summed E-state index contributed by atoms with van der Waals surface area (Å²) in [6.45, 7) is 0.133. The van der Waals surface area contributed by atoms with Crippen LogP contribution in [0.15, 0.2) is 29.2 Å². The van der Waals surface area contributed by atoms with Gasteiger partial charge < -0.3 is 4.90 Å². The molecule has 1 aromatic carbocycles. The van der Waals surface area contributed by atoms with Gasteiger partial charge in [0.1, 0.15) is 10.1 Å². The molecular formula is C18H19FN2O4S3. The van der Waals surface area contributed by atoms with Gasteiger partial charge >= 0.3 is 0 Å². The van der Waals surface area contributed by atoms with Gasteiger partial charge in [-0.3, -0.25) is 14.5 Å². The predicted octanol–water partition coefficient (Wildman–Crippen LogP) is 2.06. The van der Waals surface area contributed by atoms with Crippen LogP contribution in [0.3, 0.4) is 0 Å². The van der Waals surface area contributed by atoms with E-state index in [1.54, 1.807) is 25.3 Å². The Hall–Kier alpha value is -1.78. The number of carbonyl (C=O) groups excluding carboxylic acids is 2. The van der Waals surface area contributed by atoms with Crippen LogP contribution in [0, 0.1) is 5.82 Å². The minimum absolute atomic E-state index is 0.0172. The van der Waals surface area contributed by atoms with Gasteiger partial charge in [0.05, 0.1) is 16.4 Å². The first-order valence-corrected chi connectivity index (χ1v) is 11.7. The van der Waals surface area contributed by atoms with E-state index < -0.39 is 9.84 Å². The summed E-state index contributed by atoms with van der Waals surface area (Å²) < 4.78 is 36.5.